The van der Waals surface area contributed by atoms with Gasteiger partial charge in [0.1, 0.15) is 12.2 Å². The molecule has 1 aromatic rings. The van der Waals surface area contributed by atoms with Gasteiger partial charge in [-0.3, -0.25) is 4.79 Å². The van der Waals surface area contributed by atoms with Gasteiger partial charge in [-0.15, -0.1) is 0 Å². The predicted octanol–water partition coefficient (Wildman–Crippen LogP) is 1.93. The Kier molecular flexibility index (Phi) is 3.34. The first-order valence-corrected chi connectivity index (χ1v) is 3.86. The molecule has 0 fully saturated rings. The molecule has 1 rings (SSSR count). The maximum absolute atomic E-state index is 12.9. The van der Waals surface area contributed by atoms with Crippen molar-refractivity contribution in [3.8, 4) is 11.8 Å². The van der Waals surface area contributed by atoms with Gasteiger partial charge in [-0.25, -0.2) is 13.2 Å². The summed E-state index contributed by atoms with van der Waals surface area (Å²) >= 11 is 0. The van der Waals surface area contributed by atoms with E-state index in [9.17, 15) is 18.0 Å². The third-order valence-corrected chi connectivity index (χ3v) is 1.50. The number of hydrogen-bond acceptors (Lipinski definition) is 1. The van der Waals surface area contributed by atoms with Crippen LogP contribution in [0.25, 0.3) is 0 Å². The van der Waals surface area contributed by atoms with Crippen molar-refractivity contribution >= 4 is 5.97 Å². The molecule has 0 unspecified atom stereocenters. The fourth-order valence-electron chi connectivity index (χ4n) is 0.850. The number of rotatable bonds is 1. The lowest BCUT2D eigenvalue weighted by atomic mass is 10.2. The number of aliphatic carboxylic acids is 1. The fourth-order valence-corrected chi connectivity index (χ4v) is 0.850. The largest absolute Gasteiger partial charge is 0.481 e. The number of carbonyl (C=O) groups is 1. The summed E-state index contributed by atoms with van der Waals surface area (Å²) in [6.45, 7) is 0. The monoisotopic (exact) mass is 214 g/mol. The second-order valence-electron chi connectivity index (χ2n) is 2.59. The molecule has 0 radical (unpaired) electrons. The number of carboxylic acids is 1. The molecule has 15 heavy (non-hydrogen) atoms. The SMILES string of the molecule is O=C(O)CC#Cc1c(F)ccc(F)c1F. The maximum atomic E-state index is 12.9. The number of hydrogen-bond donors (Lipinski definition) is 1. The van der Waals surface area contributed by atoms with Gasteiger partial charge in [0.05, 0.1) is 5.56 Å². The molecular weight excluding hydrogens is 209 g/mol. The van der Waals surface area contributed by atoms with Crippen molar-refractivity contribution in [1.29, 1.82) is 0 Å². The van der Waals surface area contributed by atoms with E-state index in [4.69, 9.17) is 5.11 Å². The Morgan fingerprint density at radius 3 is 2.47 bits per heavy atom. The molecule has 0 heterocycles. The van der Waals surface area contributed by atoms with Crippen LogP contribution in [0.15, 0.2) is 12.1 Å². The van der Waals surface area contributed by atoms with Crippen LogP contribution in [-0.4, -0.2) is 11.1 Å². The zero-order valence-corrected chi connectivity index (χ0v) is 7.35. The Balaban J connectivity index is 3.07. The van der Waals surface area contributed by atoms with E-state index in [1.165, 1.54) is 0 Å². The van der Waals surface area contributed by atoms with Gasteiger partial charge < -0.3 is 5.11 Å². The van der Waals surface area contributed by atoms with Gasteiger partial charge in [-0.1, -0.05) is 11.8 Å². The van der Waals surface area contributed by atoms with Crippen LogP contribution in [0.4, 0.5) is 13.2 Å². The highest BCUT2D eigenvalue weighted by Crippen LogP contribution is 2.14. The molecule has 0 amide bonds. The van der Waals surface area contributed by atoms with Crippen molar-refractivity contribution in [2.45, 2.75) is 6.42 Å². The van der Waals surface area contributed by atoms with E-state index in [1.54, 1.807) is 0 Å². The first-order chi connectivity index (χ1) is 7.02. The molecule has 2 nitrogen and oxygen atoms in total. The zero-order chi connectivity index (χ0) is 11.4. The first-order valence-electron chi connectivity index (χ1n) is 3.86. The molecule has 0 saturated carbocycles. The Morgan fingerprint density at radius 2 is 1.87 bits per heavy atom. The minimum atomic E-state index is -1.41. The van der Waals surface area contributed by atoms with E-state index in [-0.39, 0.29) is 0 Å². The van der Waals surface area contributed by atoms with Crippen LogP contribution in [0.2, 0.25) is 0 Å². The lowest BCUT2D eigenvalue weighted by Crippen LogP contribution is -1.95. The molecule has 0 spiro atoms. The summed E-state index contributed by atoms with van der Waals surface area (Å²) in [7, 11) is 0. The highest BCUT2D eigenvalue weighted by molar-refractivity contribution is 5.70. The summed E-state index contributed by atoms with van der Waals surface area (Å²) in [5.41, 5.74) is -0.753. The Bertz CT molecular complexity index is 458. The summed E-state index contributed by atoms with van der Waals surface area (Å²) in [5, 5.41) is 8.22. The van der Waals surface area contributed by atoms with E-state index >= 15 is 0 Å². The van der Waals surface area contributed by atoms with E-state index in [0.717, 1.165) is 6.07 Å². The normalized spacial score (nSPS) is 9.27. The third-order valence-electron chi connectivity index (χ3n) is 1.50. The van der Waals surface area contributed by atoms with E-state index in [0.29, 0.717) is 6.07 Å². The van der Waals surface area contributed by atoms with Gasteiger partial charge in [-0.2, -0.15) is 0 Å². The molecular formula is C10H5F3O2. The summed E-state index contributed by atoms with van der Waals surface area (Å²) in [6.07, 6.45) is -0.560. The van der Waals surface area contributed by atoms with Crippen molar-refractivity contribution in [1.82, 2.24) is 0 Å². The van der Waals surface area contributed by atoms with Crippen LogP contribution < -0.4 is 0 Å². The highest BCUT2D eigenvalue weighted by atomic mass is 19.2. The number of carboxylic acid groups (broad SMARTS) is 1. The average Bonchev–Trinajstić information content (AvgIpc) is 2.17. The Morgan fingerprint density at radius 1 is 1.27 bits per heavy atom. The van der Waals surface area contributed by atoms with Crippen molar-refractivity contribution in [3.63, 3.8) is 0 Å². The van der Waals surface area contributed by atoms with E-state index < -0.39 is 35.4 Å². The first kappa shape index (κ1) is 11.1. The Labute approximate surface area is 83.3 Å². The third kappa shape index (κ3) is 2.74. The number of halogens is 3. The van der Waals surface area contributed by atoms with Gasteiger partial charge in [0.2, 0.25) is 0 Å². The molecule has 78 valence electrons. The molecule has 0 aliphatic heterocycles. The van der Waals surface area contributed by atoms with Crippen molar-refractivity contribution < 1.29 is 23.1 Å². The van der Waals surface area contributed by atoms with Crippen LogP contribution in [0.3, 0.4) is 0 Å². The van der Waals surface area contributed by atoms with Crippen LogP contribution in [0.5, 0.6) is 0 Å². The molecule has 0 bridgehead atoms. The van der Waals surface area contributed by atoms with Crippen molar-refractivity contribution in [2.24, 2.45) is 0 Å². The number of benzene rings is 1. The predicted molar refractivity (Wildman–Crippen MR) is 45.4 cm³/mol. The van der Waals surface area contributed by atoms with Gasteiger partial charge in [0, 0.05) is 0 Å². The molecule has 1 N–H and O–H groups in total. The molecule has 0 saturated heterocycles. The van der Waals surface area contributed by atoms with Crippen molar-refractivity contribution in [3.05, 3.63) is 35.1 Å². The summed E-state index contributed by atoms with van der Waals surface area (Å²) in [4.78, 5) is 10.1. The molecule has 1 aromatic carbocycles. The van der Waals surface area contributed by atoms with E-state index in [2.05, 4.69) is 0 Å². The van der Waals surface area contributed by atoms with Crippen LogP contribution >= 0.6 is 0 Å². The molecule has 5 heteroatoms. The minimum absolute atomic E-state index is 0.560. The van der Waals surface area contributed by atoms with Crippen LogP contribution in [0.1, 0.15) is 12.0 Å². The van der Waals surface area contributed by atoms with Gasteiger partial charge in [-0.05, 0) is 12.1 Å². The standard InChI is InChI=1S/C10H5F3O2/c11-7-4-5-8(12)10(13)6(7)2-1-3-9(14)15/h4-5H,3H2,(H,14,15). The van der Waals surface area contributed by atoms with Crippen LogP contribution in [-0.2, 0) is 4.79 Å². The molecule has 0 aliphatic rings. The van der Waals surface area contributed by atoms with Crippen LogP contribution in [0, 0.1) is 29.3 Å². The van der Waals surface area contributed by atoms with Gasteiger partial charge in [0.15, 0.2) is 11.6 Å². The summed E-state index contributed by atoms with van der Waals surface area (Å²) in [5.74, 6) is -0.933. The van der Waals surface area contributed by atoms with Gasteiger partial charge >= 0.3 is 5.97 Å². The molecule has 0 aromatic heterocycles. The smallest absolute Gasteiger partial charge is 0.315 e. The topological polar surface area (TPSA) is 37.3 Å². The van der Waals surface area contributed by atoms with Gasteiger partial charge in [0.25, 0.3) is 0 Å². The van der Waals surface area contributed by atoms with E-state index in [1.807, 2.05) is 11.8 Å². The second-order valence-corrected chi connectivity index (χ2v) is 2.59. The highest BCUT2D eigenvalue weighted by Gasteiger charge is 2.11. The Hall–Kier alpha value is -1.96. The summed E-state index contributed by atoms with van der Waals surface area (Å²) in [6, 6.07) is 1.36. The zero-order valence-electron chi connectivity index (χ0n) is 7.35. The average molecular weight is 214 g/mol. The fraction of sp³-hybridized carbons (Fsp3) is 0.100. The van der Waals surface area contributed by atoms with Crippen molar-refractivity contribution in [2.75, 3.05) is 0 Å². The molecule has 0 aliphatic carbocycles. The minimum Gasteiger partial charge on any atom is -0.481 e. The summed E-state index contributed by atoms with van der Waals surface area (Å²) < 4.78 is 38.4. The lowest BCUT2D eigenvalue weighted by molar-refractivity contribution is -0.135. The maximum Gasteiger partial charge on any atom is 0.315 e. The second kappa shape index (κ2) is 4.51. The molecule has 0 atom stereocenters. The lowest BCUT2D eigenvalue weighted by Gasteiger charge is -1.97. The quantitative estimate of drug-likeness (QED) is 0.572.